The molecule has 0 bridgehead atoms. The van der Waals surface area contributed by atoms with Crippen LogP contribution in [0, 0.1) is 17.8 Å². The molecule has 94 valence electrons. The molecule has 1 unspecified atom stereocenters. The maximum atomic E-state index is 3.86. The lowest BCUT2D eigenvalue weighted by molar-refractivity contribution is 0.134. The highest BCUT2D eigenvalue weighted by Gasteiger charge is 2.34. The van der Waals surface area contributed by atoms with Gasteiger partial charge in [0.25, 0.3) is 0 Å². The fraction of sp³-hybridized carbons (Fsp3) is 1.00. The van der Waals surface area contributed by atoms with E-state index in [1.54, 1.807) is 0 Å². The minimum absolute atomic E-state index is 0.862. The molecule has 1 atom stereocenters. The third-order valence-corrected chi connectivity index (χ3v) is 4.86. The van der Waals surface area contributed by atoms with E-state index in [4.69, 9.17) is 0 Å². The van der Waals surface area contributed by atoms with Crippen LogP contribution in [0.2, 0.25) is 0 Å². The zero-order valence-electron chi connectivity index (χ0n) is 11.2. The summed E-state index contributed by atoms with van der Waals surface area (Å²) in [5.74, 6) is 3.00. The van der Waals surface area contributed by atoms with Crippen molar-refractivity contribution in [3.63, 3.8) is 0 Å². The smallest absolute Gasteiger partial charge is 0.0124 e. The SMILES string of the molecule is CCCNC(C1CCC1)C1CCC(C)CC1. The van der Waals surface area contributed by atoms with Crippen molar-refractivity contribution in [1.29, 1.82) is 0 Å². The van der Waals surface area contributed by atoms with E-state index in [2.05, 4.69) is 19.2 Å². The third-order valence-electron chi connectivity index (χ3n) is 4.86. The van der Waals surface area contributed by atoms with Crippen molar-refractivity contribution in [3.05, 3.63) is 0 Å². The van der Waals surface area contributed by atoms with E-state index in [9.17, 15) is 0 Å². The quantitative estimate of drug-likeness (QED) is 0.743. The molecule has 2 aliphatic carbocycles. The van der Waals surface area contributed by atoms with Crippen LogP contribution in [-0.2, 0) is 0 Å². The van der Waals surface area contributed by atoms with Crippen molar-refractivity contribution >= 4 is 0 Å². The van der Waals surface area contributed by atoms with Crippen LogP contribution in [0.3, 0.4) is 0 Å². The molecule has 0 spiro atoms. The summed E-state index contributed by atoms with van der Waals surface area (Å²) in [5, 5.41) is 3.86. The summed E-state index contributed by atoms with van der Waals surface area (Å²) in [6.07, 6.45) is 11.7. The Morgan fingerprint density at radius 2 is 1.62 bits per heavy atom. The van der Waals surface area contributed by atoms with Crippen LogP contribution in [0.4, 0.5) is 0 Å². The minimum Gasteiger partial charge on any atom is -0.313 e. The molecule has 0 heterocycles. The van der Waals surface area contributed by atoms with Crippen molar-refractivity contribution in [2.24, 2.45) is 17.8 Å². The van der Waals surface area contributed by atoms with Crippen molar-refractivity contribution < 1.29 is 0 Å². The van der Waals surface area contributed by atoms with Crippen LogP contribution in [0.5, 0.6) is 0 Å². The molecule has 0 aromatic carbocycles. The van der Waals surface area contributed by atoms with Crippen LogP contribution in [0.15, 0.2) is 0 Å². The van der Waals surface area contributed by atoms with Crippen molar-refractivity contribution in [2.75, 3.05) is 6.54 Å². The van der Waals surface area contributed by atoms with Crippen LogP contribution < -0.4 is 5.32 Å². The second kappa shape index (κ2) is 6.05. The lowest BCUT2D eigenvalue weighted by Gasteiger charge is -2.41. The Kier molecular flexibility index (Phi) is 4.69. The monoisotopic (exact) mass is 223 g/mol. The Morgan fingerprint density at radius 1 is 1.00 bits per heavy atom. The highest BCUT2D eigenvalue weighted by Crippen LogP contribution is 2.39. The fourth-order valence-electron chi connectivity index (χ4n) is 3.47. The van der Waals surface area contributed by atoms with Crippen LogP contribution in [-0.4, -0.2) is 12.6 Å². The van der Waals surface area contributed by atoms with E-state index >= 15 is 0 Å². The van der Waals surface area contributed by atoms with Gasteiger partial charge in [-0.1, -0.05) is 33.1 Å². The second-order valence-electron chi connectivity index (χ2n) is 6.19. The zero-order chi connectivity index (χ0) is 11.4. The summed E-state index contributed by atoms with van der Waals surface area (Å²) in [7, 11) is 0. The molecule has 2 rings (SSSR count). The maximum absolute atomic E-state index is 3.86. The van der Waals surface area contributed by atoms with E-state index in [0.717, 1.165) is 23.8 Å². The maximum Gasteiger partial charge on any atom is 0.0124 e. The first-order valence-corrected chi connectivity index (χ1v) is 7.54. The summed E-state index contributed by atoms with van der Waals surface area (Å²) in [4.78, 5) is 0. The normalized spacial score (nSPS) is 33.4. The molecule has 0 aromatic rings. The topological polar surface area (TPSA) is 12.0 Å². The fourth-order valence-corrected chi connectivity index (χ4v) is 3.47. The molecule has 2 fully saturated rings. The Bertz CT molecular complexity index is 190. The van der Waals surface area contributed by atoms with Gasteiger partial charge in [-0.05, 0) is 56.4 Å². The van der Waals surface area contributed by atoms with Gasteiger partial charge in [0.1, 0.15) is 0 Å². The molecule has 0 amide bonds. The van der Waals surface area contributed by atoms with Gasteiger partial charge in [-0.15, -0.1) is 0 Å². The molecule has 0 aliphatic heterocycles. The first-order valence-electron chi connectivity index (χ1n) is 7.54. The summed E-state index contributed by atoms with van der Waals surface area (Å²) < 4.78 is 0. The van der Waals surface area contributed by atoms with E-state index in [-0.39, 0.29) is 0 Å². The molecule has 16 heavy (non-hydrogen) atoms. The number of hydrogen-bond acceptors (Lipinski definition) is 1. The van der Waals surface area contributed by atoms with Gasteiger partial charge in [-0.2, -0.15) is 0 Å². The minimum atomic E-state index is 0.862. The summed E-state index contributed by atoms with van der Waals surface area (Å²) in [5.41, 5.74) is 0. The average Bonchev–Trinajstić information content (AvgIpc) is 2.23. The van der Waals surface area contributed by atoms with E-state index in [1.807, 2.05) is 0 Å². The first kappa shape index (κ1) is 12.4. The van der Waals surface area contributed by atoms with Crippen molar-refractivity contribution in [2.45, 2.75) is 71.3 Å². The molecule has 2 aliphatic rings. The van der Waals surface area contributed by atoms with E-state index in [0.29, 0.717) is 0 Å². The van der Waals surface area contributed by atoms with Gasteiger partial charge in [0.05, 0.1) is 0 Å². The highest BCUT2D eigenvalue weighted by molar-refractivity contribution is 4.89. The number of nitrogens with one attached hydrogen (secondary N) is 1. The first-order chi connectivity index (χ1) is 7.81. The van der Waals surface area contributed by atoms with Gasteiger partial charge in [0.15, 0.2) is 0 Å². The molecule has 0 radical (unpaired) electrons. The Labute approximate surface area is 101 Å². The Balaban J connectivity index is 1.84. The molecule has 0 aromatic heterocycles. The van der Waals surface area contributed by atoms with Gasteiger partial charge in [-0.3, -0.25) is 0 Å². The second-order valence-corrected chi connectivity index (χ2v) is 6.19. The standard InChI is InChI=1S/C15H29N/c1-3-11-16-15(13-5-4-6-13)14-9-7-12(2)8-10-14/h12-16H,3-11H2,1-2H3. The lowest BCUT2D eigenvalue weighted by Crippen LogP contribution is -2.46. The van der Waals surface area contributed by atoms with E-state index in [1.165, 1.54) is 57.9 Å². The Morgan fingerprint density at radius 3 is 2.12 bits per heavy atom. The van der Waals surface area contributed by atoms with Crippen molar-refractivity contribution in [3.8, 4) is 0 Å². The van der Waals surface area contributed by atoms with Gasteiger partial charge in [0, 0.05) is 6.04 Å². The third kappa shape index (κ3) is 3.00. The number of hydrogen-bond donors (Lipinski definition) is 1. The predicted molar refractivity (Wildman–Crippen MR) is 70.5 cm³/mol. The molecule has 1 heteroatoms. The van der Waals surface area contributed by atoms with Crippen LogP contribution >= 0.6 is 0 Å². The van der Waals surface area contributed by atoms with Gasteiger partial charge < -0.3 is 5.32 Å². The van der Waals surface area contributed by atoms with Crippen LogP contribution in [0.1, 0.15) is 65.2 Å². The zero-order valence-corrected chi connectivity index (χ0v) is 11.2. The molecule has 2 saturated carbocycles. The summed E-state index contributed by atoms with van der Waals surface area (Å²) >= 11 is 0. The summed E-state index contributed by atoms with van der Waals surface area (Å²) in [6, 6.07) is 0.862. The lowest BCUT2D eigenvalue weighted by atomic mass is 9.69. The predicted octanol–water partition coefficient (Wildman–Crippen LogP) is 3.98. The van der Waals surface area contributed by atoms with Crippen molar-refractivity contribution in [1.82, 2.24) is 5.32 Å². The number of rotatable bonds is 5. The molecular weight excluding hydrogens is 194 g/mol. The molecular formula is C15H29N. The highest BCUT2D eigenvalue weighted by atomic mass is 14.9. The average molecular weight is 223 g/mol. The molecule has 0 saturated heterocycles. The molecule has 1 N–H and O–H groups in total. The summed E-state index contributed by atoms with van der Waals surface area (Å²) in [6.45, 7) is 5.94. The largest absolute Gasteiger partial charge is 0.313 e. The van der Waals surface area contributed by atoms with Gasteiger partial charge in [-0.25, -0.2) is 0 Å². The molecule has 1 nitrogen and oxygen atoms in total. The van der Waals surface area contributed by atoms with E-state index < -0.39 is 0 Å². The van der Waals surface area contributed by atoms with Crippen LogP contribution in [0.25, 0.3) is 0 Å². The van der Waals surface area contributed by atoms with Gasteiger partial charge in [0.2, 0.25) is 0 Å². The van der Waals surface area contributed by atoms with Gasteiger partial charge >= 0.3 is 0 Å². The Hall–Kier alpha value is -0.0400.